The van der Waals surface area contributed by atoms with Gasteiger partial charge in [0.1, 0.15) is 0 Å². The van der Waals surface area contributed by atoms with Gasteiger partial charge in [-0.05, 0) is 52.6 Å². The molecule has 0 aliphatic carbocycles. The van der Waals surface area contributed by atoms with E-state index in [-0.39, 0.29) is 11.3 Å². The van der Waals surface area contributed by atoms with Gasteiger partial charge in [-0.15, -0.1) is 0 Å². The predicted octanol–water partition coefficient (Wildman–Crippen LogP) is 2.61. The summed E-state index contributed by atoms with van der Waals surface area (Å²) in [7, 11) is -3.02. The largest absolute Gasteiger partial charge is 0.464 e. The molecule has 4 nitrogen and oxygen atoms in total. The molecule has 0 saturated carbocycles. The molecule has 0 saturated heterocycles. The van der Waals surface area contributed by atoms with Crippen molar-refractivity contribution in [3.63, 3.8) is 0 Å². The van der Waals surface area contributed by atoms with Crippen molar-refractivity contribution in [1.29, 1.82) is 0 Å². The lowest BCUT2D eigenvalue weighted by atomic mass is 10.1. The summed E-state index contributed by atoms with van der Waals surface area (Å²) in [6, 6.07) is 0. The van der Waals surface area contributed by atoms with E-state index < -0.39 is 28.4 Å². The van der Waals surface area contributed by atoms with Crippen LogP contribution in [0, 0.1) is 0 Å². The lowest BCUT2D eigenvalue weighted by molar-refractivity contribution is -0.149. The molecule has 1 atom stereocenters. The highest BCUT2D eigenvalue weighted by molar-refractivity contribution is 6.71. The number of carbonyl (C=O) groups excluding carboxylic acids is 1. The second-order valence-electron chi connectivity index (χ2n) is 7.48. The fraction of sp³-hybridized carbons (Fsp3) is 0.786. The normalized spacial score (nSPS) is 14.9. The number of hydrogen-bond donors (Lipinski definition) is 0. The van der Waals surface area contributed by atoms with E-state index in [0.717, 1.165) is 16.7 Å². The van der Waals surface area contributed by atoms with Gasteiger partial charge in [-0.3, -0.25) is 0 Å². The fourth-order valence-corrected chi connectivity index (χ4v) is 4.80. The van der Waals surface area contributed by atoms with Crippen LogP contribution in [0.5, 0.6) is 0 Å². The summed E-state index contributed by atoms with van der Waals surface area (Å²) in [6.45, 7) is 20.1. The zero-order valence-electron chi connectivity index (χ0n) is 15.1. The topological polar surface area (TPSA) is 44.8 Å². The first kappa shape index (κ1) is 20.8. The fourth-order valence-electron chi connectivity index (χ4n) is 1.84. The Morgan fingerprint density at radius 3 is 1.81 bits per heavy atom. The monoisotopic (exact) mass is 348 g/mol. The molecule has 1 unspecified atom stereocenters. The molecule has 0 aliphatic rings. The van der Waals surface area contributed by atoms with Gasteiger partial charge in [0.25, 0.3) is 0 Å². The summed E-state index contributed by atoms with van der Waals surface area (Å²) >= 11 is 0. The Kier molecular flexibility index (Phi) is 7.29. The van der Waals surface area contributed by atoms with Gasteiger partial charge in [0, 0.05) is 0 Å². The van der Waals surface area contributed by atoms with Gasteiger partial charge in [-0.1, -0.05) is 13.5 Å². The van der Waals surface area contributed by atoms with Gasteiger partial charge >= 0.3 is 5.97 Å². The van der Waals surface area contributed by atoms with Crippen molar-refractivity contribution in [2.45, 2.75) is 71.1 Å². The molecule has 0 bridgehead atoms. The molecular formula is C14H32O4Si3. The standard InChI is InChI=1S/C14H32O4Si3/c1-10-12(19)16-13(15)11(2)14(3,17-20(4,5)6)18-21(7,8)9/h12H,2,10H2,1,3-9,19H3. The van der Waals surface area contributed by atoms with E-state index >= 15 is 0 Å². The minimum atomic E-state index is -1.91. The van der Waals surface area contributed by atoms with Crippen molar-refractivity contribution >= 4 is 32.8 Å². The lowest BCUT2D eigenvalue weighted by Gasteiger charge is -2.40. The number of carbonyl (C=O) groups is 1. The van der Waals surface area contributed by atoms with E-state index in [1.807, 2.05) is 6.92 Å². The van der Waals surface area contributed by atoms with E-state index in [2.05, 4.69) is 45.9 Å². The molecule has 0 radical (unpaired) electrons. The third-order valence-corrected chi connectivity index (χ3v) is 5.74. The lowest BCUT2D eigenvalue weighted by Crippen LogP contribution is -2.51. The van der Waals surface area contributed by atoms with E-state index in [9.17, 15) is 4.79 Å². The molecule has 0 amide bonds. The summed E-state index contributed by atoms with van der Waals surface area (Å²) in [6.07, 6.45) is 0.825. The molecule has 0 rings (SSSR count). The predicted molar refractivity (Wildman–Crippen MR) is 96.5 cm³/mol. The average Bonchev–Trinajstić information content (AvgIpc) is 2.22. The SMILES string of the molecule is C=C(C(=O)OC([SiH3])CC)C(C)(O[Si](C)(C)C)O[Si](C)(C)C. The van der Waals surface area contributed by atoms with Crippen LogP contribution in [0.15, 0.2) is 12.2 Å². The number of ether oxygens (including phenoxy) is 1. The van der Waals surface area contributed by atoms with Crippen LogP contribution < -0.4 is 0 Å². The number of esters is 1. The van der Waals surface area contributed by atoms with Crippen LogP contribution >= 0.6 is 0 Å². The zero-order valence-corrected chi connectivity index (χ0v) is 19.1. The Morgan fingerprint density at radius 2 is 1.52 bits per heavy atom. The maximum absolute atomic E-state index is 12.3. The first-order valence-electron chi connectivity index (χ1n) is 7.51. The van der Waals surface area contributed by atoms with E-state index in [1.54, 1.807) is 6.92 Å². The smallest absolute Gasteiger partial charge is 0.338 e. The van der Waals surface area contributed by atoms with Crippen LogP contribution in [0.1, 0.15) is 20.3 Å². The Morgan fingerprint density at radius 1 is 1.14 bits per heavy atom. The zero-order chi connectivity index (χ0) is 17.1. The van der Waals surface area contributed by atoms with Crippen LogP contribution in [0.2, 0.25) is 39.3 Å². The minimum Gasteiger partial charge on any atom is -0.464 e. The minimum absolute atomic E-state index is 0.00253. The molecule has 0 spiro atoms. The third-order valence-electron chi connectivity index (χ3n) is 2.68. The molecule has 0 N–H and O–H groups in total. The van der Waals surface area contributed by atoms with Crippen molar-refractivity contribution in [2.24, 2.45) is 0 Å². The highest BCUT2D eigenvalue weighted by Gasteiger charge is 2.42. The Hall–Kier alpha value is -0.219. The maximum atomic E-state index is 12.3. The van der Waals surface area contributed by atoms with E-state index in [0.29, 0.717) is 0 Å². The Balaban J connectivity index is 5.29. The molecule has 0 aromatic heterocycles. The molecule has 21 heavy (non-hydrogen) atoms. The van der Waals surface area contributed by atoms with Crippen LogP contribution in [0.25, 0.3) is 0 Å². The van der Waals surface area contributed by atoms with Crippen LogP contribution in [-0.4, -0.2) is 44.4 Å². The van der Waals surface area contributed by atoms with E-state index in [1.165, 1.54) is 0 Å². The molecule has 0 heterocycles. The third kappa shape index (κ3) is 8.10. The van der Waals surface area contributed by atoms with Crippen molar-refractivity contribution in [1.82, 2.24) is 0 Å². The van der Waals surface area contributed by atoms with Crippen LogP contribution in [0.3, 0.4) is 0 Å². The average molecular weight is 349 g/mol. The summed E-state index contributed by atoms with van der Waals surface area (Å²) in [5.41, 5.74) is 0.263. The number of hydrogen-bond acceptors (Lipinski definition) is 4. The molecule has 0 aromatic carbocycles. The maximum Gasteiger partial charge on any atom is 0.338 e. The molecular weight excluding hydrogens is 316 g/mol. The molecule has 0 fully saturated rings. The van der Waals surface area contributed by atoms with E-state index in [4.69, 9.17) is 13.6 Å². The van der Waals surface area contributed by atoms with Gasteiger partial charge in [-0.25, -0.2) is 4.79 Å². The first-order chi connectivity index (χ1) is 9.20. The van der Waals surface area contributed by atoms with Gasteiger partial charge in [0.15, 0.2) is 22.4 Å². The summed E-state index contributed by atoms with van der Waals surface area (Å²) in [5.74, 6) is -1.50. The second kappa shape index (κ2) is 7.36. The van der Waals surface area contributed by atoms with Gasteiger partial charge in [0.2, 0.25) is 0 Å². The summed E-state index contributed by atoms with van der Waals surface area (Å²) in [5, 5.41) is 0. The van der Waals surface area contributed by atoms with Crippen molar-refractivity contribution in [2.75, 3.05) is 0 Å². The summed E-state index contributed by atoms with van der Waals surface area (Å²) in [4.78, 5) is 12.3. The molecule has 124 valence electrons. The van der Waals surface area contributed by atoms with Crippen LogP contribution in [-0.2, 0) is 18.4 Å². The quantitative estimate of drug-likeness (QED) is 0.293. The van der Waals surface area contributed by atoms with Gasteiger partial charge < -0.3 is 13.6 Å². The van der Waals surface area contributed by atoms with Gasteiger partial charge in [-0.2, -0.15) is 0 Å². The Bertz CT molecular complexity index is 367. The first-order valence-corrected chi connectivity index (χ1v) is 15.5. The van der Waals surface area contributed by atoms with Crippen LogP contribution in [0.4, 0.5) is 0 Å². The molecule has 0 aromatic rings. The van der Waals surface area contributed by atoms with Crippen molar-refractivity contribution < 1.29 is 18.4 Å². The van der Waals surface area contributed by atoms with Crippen molar-refractivity contribution in [3.05, 3.63) is 12.2 Å². The second-order valence-corrected chi connectivity index (χ2v) is 17.6. The Labute approximate surface area is 134 Å². The number of rotatable bonds is 8. The van der Waals surface area contributed by atoms with Gasteiger partial charge in [0.05, 0.1) is 21.5 Å². The van der Waals surface area contributed by atoms with Crippen molar-refractivity contribution in [3.8, 4) is 0 Å². The highest BCUT2D eigenvalue weighted by atomic mass is 28.4. The highest BCUT2D eigenvalue weighted by Crippen LogP contribution is 2.30. The molecule has 0 aliphatic heterocycles. The molecule has 7 heteroatoms. The summed E-state index contributed by atoms with van der Waals surface area (Å²) < 4.78 is 17.8.